The molecule has 5 nitrogen and oxygen atoms in total. The van der Waals surface area contributed by atoms with Gasteiger partial charge in [-0.1, -0.05) is 6.07 Å². The number of carbonyl (C=O) groups excluding carboxylic acids is 1. The van der Waals surface area contributed by atoms with E-state index >= 15 is 0 Å². The average molecular weight is 255 g/mol. The lowest BCUT2D eigenvalue weighted by Crippen LogP contribution is -2.28. The molecule has 18 heavy (non-hydrogen) atoms. The van der Waals surface area contributed by atoms with Crippen LogP contribution in [0, 0.1) is 5.82 Å². The predicted octanol–water partition coefficient (Wildman–Crippen LogP) is 0.973. The molecule has 4 N–H and O–H groups in total. The second-order valence-electron chi connectivity index (χ2n) is 3.72. The van der Waals surface area contributed by atoms with E-state index < -0.39 is 5.82 Å². The number of hydrogen-bond donors (Lipinski definition) is 3. The van der Waals surface area contributed by atoms with Gasteiger partial charge in [-0.15, -0.1) is 0 Å². The maximum absolute atomic E-state index is 13.4. The van der Waals surface area contributed by atoms with Crippen molar-refractivity contribution in [3.63, 3.8) is 0 Å². The molecule has 0 aromatic heterocycles. The van der Waals surface area contributed by atoms with Gasteiger partial charge in [-0.2, -0.15) is 0 Å². The normalized spacial score (nSPS) is 10.1. The molecule has 1 aromatic rings. The van der Waals surface area contributed by atoms with Gasteiger partial charge in [-0.25, -0.2) is 4.39 Å². The van der Waals surface area contributed by atoms with Crippen molar-refractivity contribution in [2.24, 2.45) is 0 Å². The zero-order chi connectivity index (χ0) is 13.4. The summed E-state index contributed by atoms with van der Waals surface area (Å²) in [5.41, 5.74) is 6.18. The highest BCUT2D eigenvalue weighted by molar-refractivity contribution is 5.76. The summed E-state index contributed by atoms with van der Waals surface area (Å²) in [6.45, 7) is 1.26. The molecule has 1 amide bonds. The smallest absolute Gasteiger partial charge is 0.221 e. The van der Waals surface area contributed by atoms with Crippen molar-refractivity contribution in [1.29, 1.82) is 0 Å². The average Bonchev–Trinajstić information content (AvgIpc) is 2.33. The van der Waals surface area contributed by atoms with Crippen LogP contribution in [-0.4, -0.2) is 32.7 Å². The molecule has 0 saturated heterocycles. The van der Waals surface area contributed by atoms with E-state index in [2.05, 4.69) is 10.6 Å². The molecule has 0 heterocycles. The number of benzene rings is 1. The fraction of sp³-hybridized carbons (Fsp3) is 0.417. The Balaban J connectivity index is 2.31. The molecule has 1 aromatic carbocycles. The second-order valence-corrected chi connectivity index (χ2v) is 3.72. The quantitative estimate of drug-likeness (QED) is 0.501. The van der Waals surface area contributed by atoms with Crippen LogP contribution in [0.5, 0.6) is 0 Å². The standard InChI is InChI=1S/C12H18FN3O2/c1-18-8-7-15-11(17)5-6-16-12-9(13)3-2-4-10(12)14/h2-4,16H,5-8,14H2,1H3,(H,15,17). The fourth-order valence-corrected chi connectivity index (χ4v) is 1.41. The molecule has 0 atom stereocenters. The van der Waals surface area contributed by atoms with Gasteiger partial charge >= 0.3 is 0 Å². The molecule has 0 fully saturated rings. The van der Waals surface area contributed by atoms with Crippen LogP contribution in [0.4, 0.5) is 15.8 Å². The first-order chi connectivity index (χ1) is 8.65. The van der Waals surface area contributed by atoms with E-state index in [1.807, 2.05) is 0 Å². The van der Waals surface area contributed by atoms with E-state index in [0.717, 1.165) is 0 Å². The molecule has 0 aliphatic rings. The summed E-state index contributed by atoms with van der Waals surface area (Å²) in [7, 11) is 1.56. The summed E-state index contributed by atoms with van der Waals surface area (Å²) in [6.07, 6.45) is 0.248. The lowest BCUT2D eigenvalue weighted by molar-refractivity contribution is -0.121. The summed E-state index contributed by atoms with van der Waals surface area (Å²) in [4.78, 5) is 11.3. The van der Waals surface area contributed by atoms with Crippen molar-refractivity contribution in [2.75, 3.05) is 37.9 Å². The van der Waals surface area contributed by atoms with Crippen LogP contribution < -0.4 is 16.4 Å². The number of halogens is 1. The van der Waals surface area contributed by atoms with Crippen molar-refractivity contribution in [3.05, 3.63) is 24.0 Å². The number of nitrogens with two attached hydrogens (primary N) is 1. The Morgan fingerprint density at radius 2 is 2.22 bits per heavy atom. The van der Waals surface area contributed by atoms with Crippen molar-refractivity contribution >= 4 is 17.3 Å². The van der Waals surface area contributed by atoms with Crippen molar-refractivity contribution < 1.29 is 13.9 Å². The second kappa shape index (κ2) is 7.50. The largest absolute Gasteiger partial charge is 0.397 e. The van der Waals surface area contributed by atoms with Crippen LogP contribution in [0.1, 0.15) is 6.42 Å². The molecule has 0 unspecified atom stereocenters. The first-order valence-electron chi connectivity index (χ1n) is 5.68. The molecule has 1 rings (SSSR count). The highest BCUT2D eigenvalue weighted by Gasteiger charge is 2.06. The Morgan fingerprint density at radius 3 is 2.89 bits per heavy atom. The third-order valence-electron chi connectivity index (χ3n) is 2.33. The Bertz CT molecular complexity index is 379. The summed E-state index contributed by atoms with van der Waals surface area (Å²) in [6, 6.07) is 4.45. The first-order valence-corrected chi connectivity index (χ1v) is 5.68. The minimum absolute atomic E-state index is 0.116. The number of ether oxygens (including phenoxy) is 1. The number of methoxy groups -OCH3 is 1. The summed E-state index contributed by atoms with van der Waals surface area (Å²) in [5.74, 6) is -0.538. The minimum Gasteiger partial charge on any atom is -0.397 e. The number of hydrogen-bond acceptors (Lipinski definition) is 4. The summed E-state index contributed by atoms with van der Waals surface area (Å²) >= 11 is 0. The minimum atomic E-state index is -0.421. The first kappa shape index (κ1) is 14.2. The number of carbonyl (C=O) groups is 1. The highest BCUT2D eigenvalue weighted by atomic mass is 19.1. The van der Waals surface area contributed by atoms with Crippen LogP contribution in [-0.2, 0) is 9.53 Å². The fourth-order valence-electron chi connectivity index (χ4n) is 1.41. The number of anilines is 2. The maximum Gasteiger partial charge on any atom is 0.221 e. The molecule has 100 valence electrons. The SMILES string of the molecule is COCCNC(=O)CCNc1c(N)cccc1F. The molecule has 0 radical (unpaired) electrons. The van der Waals surface area contributed by atoms with Gasteiger partial charge < -0.3 is 21.1 Å². The van der Waals surface area contributed by atoms with Gasteiger partial charge in [-0.05, 0) is 12.1 Å². The lowest BCUT2D eigenvalue weighted by atomic mass is 10.2. The number of nitrogens with one attached hydrogen (secondary N) is 2. The third-order valence-corrected chi connectivity index (χ3v) is 2.33. The number of amides is 1. The van der Waals surface area contributed by atoms with Gasteiger partial charge in [0.25, 0.3) is 0 Å². The van der Waals surface area contributed by atoms with Gasteiger partial charge in [0.2, 0.25) is 5.91 Å². The monoisotopic (exact) mass is 255 g/mol. The Morgan fingerprint density at radius 1 is 1.44 bits per heavy atom. The van der Waals surface area contributed by atoms with Crippen LogP contribution in [0.3, 0.4) is 0 Å². The van der Waals surface area contributed by atoms with E-state index in [0.29, 0.717) is 25.4 Å². The van der Waals surface area contributed by atoms with Crippen molar-refractivity contribution in [3.8, 4) is 0 Å². The van der Waals surface area contributed by atoms with Gasteiger partial charge in [0.05, 0.1) is 18.0 Å². The number of para-hydroxylation sites is 1. The zero-order valence-electron chi connectivity index (χ0n) is 10.3. The van der Waals surface area contributed by atoms with E-state index in [4.69, 9.17) is 10.5 Å². The van der Waals surface area contributed by atoms with Gasteiger partial charge in [0.15, 0.2) is 0 Å². The van der Waals surface area contributed by atoms with Crippen LogP contribution in [0.2, 0.25) is 0 Å². The van der Waals surface area contributed by atoms with Gasteiger partial charge in [-0.3, -0.25) is 4.79 Å². The van der Waals surface area contributed by atoms with E-state index in [9.17, 15) is 9.18 Å². The van der Waals surface area contributed by atoms with E-state index in [1.165, 1.54) is 12.1 Å². The lowest BCUT2D eigenvalue weighted by Gasteiger charge is -2.10. The summed E-state index contributed by atoms with van der Waals surface area (Å²) < 4.78 is 18.2. The Hall–Kier alpha value is -1.82. The molecule has 0 saturated carbocycles. The molecule has 0 spiro atoms. The predicted molar refractivity (Wildman–Crippen MR) is 68.8 cm³/mol. The third kappa shape index (κ3) is 4.58. The summed E-state index contributed by atoms with van der Waals surface area (Å²) in [5, 5.41) is 5.48. The molecule has 0 bridgehead atoms. The number of nitrogen functional groups attached to an aromatic ring is 1. The topological polar surface area (TPSA) is 76.4 Å². The molecule has 0 aliphatic heterocycles. The molecular formula is C12H18FN3O2. The van der Waals surface area contributed by atoms with Crippen LogP contribution >= 0.6 is 0 Å². The van der Waals surface area contributed by atoms with Crippen LogP contribution in [0.25, 0.3) is 0 Å². The highest BCUT2D eigenvalue weighted by Crippen LogP contribution is 2.21. The van der Waals surface area contributed by atoms with E-state index in [1.54, 1.807) is 13.2 Å². The van der Waals surface area contributed by atoms with E-state index in [-0.39, 0.29) is 18.0 Å². The molecular weight excluding hydrogens is 237 g/mol. The Labute approximate surface area is 106 Å². The van der Waals surface area contributed by atoms with Crippen molar-refractivity contribution in [2.45, 2.75) is 6.42 Å². The van der Waals surface area contributed by atoms with Crippen molar-refractivity contribution in [1.82, 2.24) is 5.32 Å². The van der Waals surface area contributed by atoms with Gasteiger partial charge in [0, 0.05) is 26.6 Å². The zero-order valence-corrected chi connectivity index (χ0v) is 10.3. The molecule has 6 heteroatoms. The molecule has 0 aliphatic carbocycles. The number of rotatable bonds is 7. The van der Waals surface area contributed by atoms with Gasteiger partial charge in [0.1, 0.15) is 5.82 Å². The van der Waals surface area contributed by atoms with Crippen LogP contribution in [0.15, 0.2) is 18.2 Å². The maximum atomic E-state index is 13.4. The Kier molecular flexibility index (Phi) is 5.93.